The van der Waals surface area contributed by atoms with Crippen LogP contribution in [0.25, 0.3) is 12.2 Å². The largest absolute Gasteiger partial charge is 0.466 e. The Kier molecular flexibility index (Phi) is 14.3. The Morgan fingerprint density at radius 3 is 1.92 bits per heavy atom. The average molecular weight is 525 g/mol. The summed E-state index contributed by atoms with van der Waals surface area (Å²) in [6.45, 7) is 1.07. The van der Waals surface area contributed by atoms with Crippen LogP contribution in [0.4, 0.5) is 0 Å². The molecule has 0 N–H and O–H groups in total. The van der Waals surface area contributed by atoms with Crippen molar-refractivity contribution in [2.24, 2.45) is 5.92 Å². The van der Waals surface area contributed by atoms with E-state index in [0.29, 0.717) is 26.1 Å². The molecule has 1 unspecified atom stereocenters. The molecule has 7 heteroatoms. The topological polar surface area (TPSA) is 86.7 Å². The lowest BCUT2D eigenvalue weighted by molar-refractivity contribution is -0.150. The number of cyclic esters (lactones) is 2. The molecule has 196 valence electrons. The minimum Gasteiger partial charge on any atom is -0.466 e. The minimum absolute atomic E-state index is 0.0255. The first-order valence-electron chi connectivity index (χ1n) is 12.5. The monoisotopic (exact) mass is 524 g/mol. The number of ether oxygens (including phenoxy) is 2. The van der Waals surface area contributed by atoms with Crippen molar-refractivity contribution in [3.05, 3.63) is 83.9 Å². The molecule has 2 aromatic rings. The Labute approximate surface area is 223 Å². The molecule has 0 amide bonds. The van der Waals surface area contributed by atoms with Crippen LogP contribution in [0.1, 0.15) is 56.1 Å². The smallest absolute Gasteiger partial charge is 0.316 e. The molecule has 0 saturated carbocycles. The van der Waals surface area contributed by atoms with Gasteiger partial charge in [0.1, 0.15) is 5.92 Å². The summed E-state index contributed by atoms with van der Waals surface area (Å²) in [4.78, 5) is 44.3. The maximum absolute atomic E-state index is 11.9. The fourth-order valence-electron chi connectivity index (χ4n) is 3.49. The van der Waals surface area contributed by atoms with Gasteiger partial charge in [0.25, 0.3) is 0 Å². The van der Waals surface area contributed by atoms with Gasteiger partial charge in [0, 0.05) is 6.42 Å². The van der Waals surface area contributed by atoms with Crippen molar-refractivity contribution in [2.75, 3.05) is 13.2 Å². The molecule has 1 atom stereocenters. The molecule has 4 rings (SSSR count). The summed E-state index contributed by atoms with van der Waals surface area (Å²) in [5, 5.41) is -0.450. The summed E-state index contributed by atoms with van der Waals surface area (Å²) in [5.74, 6) is -1.18. The van der Waals surface area contributed by atoms with E-state index >= 15 is 0 Å². The molecular formula is C30H33ClO6. The van der Waals surface area contributed by atoms with Crippen LogP contribution < -0.4 is 0 Å². The number of rotatable bonds is 5. The molecule has 0 aromatic heterocycles. The Hall–Kier alpha value is -3.51. The number of benzene rings is 2. The average Bonchev–Trinajstić information content (AvgIpc) is 3.29. The zero-order valence-corrected chi connectivity index (χ0v) is 21.6. The van der Waals surface area contributed by atoms with Crippen molar-refractivity contribution in [2.45, 2.75) is 44.9 Å². The molecule has 6 nitrogen and oxygen atoms in total. The quantitative estimate of drug-likeness (QED) is 0.201. The number of carbonyl (C=O) groups excluding carboxylic acids is 4. The van der Waals surface area contributed by atoms with Crippen LogP contribution in [0.5, 0.6) is 0 Å². The highest BCUT2D eigenvalue weighted by atomic mass is 35.5. The van der Waals surface area contributed by atoms with Crippen LogP contribution >= 0.6 is 11.6 Å². The third-order valence-electron chi connectivity index (χ3n) is 5.49. The summed E-state index contributed by atoms with van der Waals surface area (Å²) in [5.41, 5.74) is 1.93. The molecule has 2 aliphatic rings. The summed E-state index contributed by atoms with van der Waals surface area (Å²) >= 11 is 5.10. The van der Waals surface area contributed by atoms with E-state index in [9.17, 15) is 19.2 Å². The van der Waals surface area contributed by atoms with Gasteiger partial charge < -0.3 is 9.47 Å². The molecule has 2 aromatic carbocycles. The van der Waals surface area contributed by atoms with Gasteiger partial charge >= 0.3 is 11.9 Å². The molecule has 0 spiro atoms. The maximum Gasteiger partial charge on any atom is 0.316 e. The van der Waals surface area contributed by atoms with E-state index in [0.717, 1.165) is 43.2 Å². The Bertz CT molecular complexity index is 1040. The van der Waals surface area contributed by atoms with Gasteiger partial charge in [-0.05, 0) is 73.4 Å². The highest BCUT2D eigenvalue weighted by molar-refractivity contribution is 6.66. The summed E-state index contributed by atoms with van der Waals surface area (Å²) < 4.78 is 9.76. The van der Waals surface area contributed by atoms with E-state index in [2.05, 4.69) is 0 Å². The van der Waals surface area contributed by atoms with Crippen LogP contribution in [0.3, 0.4) is 0 Å². The third kappa shape index (κ3) is 13.4. The Morgan fingerprint density at radius 2 is 1.30 bits per heavy atom. The zero-order valence-electron chi connectivity index (χ0n) is 20.9. The number of carbonyl (C=O) groups is 4. The standard InChI is InChI=1S/C15H16O3.C9H7ClO.C6H10O2/c16-14(10-9-12-6-2-1-3-7-12)13-8-4-5-11-18-15(13)17;10-9(11)7-6-8-4-2-1-3-5-8;7-6-4-2-1-3-5-8-6/h1-3,6-7,9-10,13H,4-5,8,11H2;1-7H;1-5H2/b10-9+;7-6+;. The van der Waals surface area contributed by atoms with Crippen molar-refractivity contribution in [3.63, 3.8) is 0 Å². The van der Waals surface area contributed by atoms with Crippen LogP contribution in [-0.4, -0.2) is 36.2 Å². The van der Waals surface area contributed by atoms with Gasteiger partial charge in [-0.25, -0.2) is 0 Å². The SMILES string of the molecule is O=C(/C=C/c1ccccc1)C1CCCCOC1=O.O=C(Cl)/C=C/c1ccccc1.O=C1CCCCCO1. The predicted molar refractivity (Wildman–Crippen MR) is 145 cm³/mol. The number of allylic oxidation sites excluding steroid dienone is 2. The first-order valence-corrected chi connectivity index (χ1v) is 12.9. The van der Waals surface area contributed by atoms with E-state index in [4.69, 9.17) is 21.1 Å². The maximum atomic E-state index is 11.9. The van der Waals surface area contributed by atoms with E-state index in [1.165, 1.54) is 12.2 Å². The predicted octanol–water partition coefficient (Wildman–Crippen LogP) is 6.18. The molecule has 37 heavy (non-hydrogen) atoms. The molecule has 2 saturated heterocycles. The van der Waals surface area contributed by atoms with Gasteiger partial charge in [0.2, 0.25) is 5.24 Å². The summed E-state index contributed by atoms with van der Waals surface area (Å²) in [6.07, 6.45) is 12.4. The van der Waals surface area contributed by atoms with Crippen LogP contribution in [0.2, 0.25) is 0 Å². The number of halogens is 1. The second-order valence-corrected chi connectivity index (χ2v) is 8.81. The fourth-order valence-corrected chi connectivity index (χ4v) is 3.55. The second kappa shape index (κ2) is 17.8. The highest BCUT2D eigenvalue weighted by Gasteiger charge is 2.27. The molecule has 2 heterocycles. The van der Waals surface area contributed by atoms with Crippen LogP contribution in [-0.2, 0) is 28.7 Å². The summed E-state index contributed by atoms with van der Waals surface area (Å²) in [7, 11) is 0. The van der Waals surface area contributed by atoms with Crippen molar-refractivity contribution in [1.82, 2.24) is 0 Å². The van der Waals surface area contributed by atoms with Crippen molar-refractivity contribution >= 4 is 46.7 Å². The van der Waals surface area contributed by atoms with Gasteiger partial charge in [-0.1, -0.05) is 72.8 Å². The Balaban J connectivity index is 0.000000215. The molecule has 0 aliphatic carbocycles. The number of hydrogen-bond acceptors (Lipinski definition) is 6. The second-order valence-electron chi connectivity index (χ2n) is 8.44. The molecule has 0 bridgehead atoms. The molecule has 0 radical (unpaired) electrons. The highest BCUT2D eigenvalue weighted by Crippen LogP contribution is 2.17. The number of esters is 2. The summed E-state index contributed by atoms with van der Waals surface area (Å²) in [6, 6.07) is 19.1. The molecular weight excluding hydrogens is 492 g/mol. The Morgan fingerprint density at radius 1 is 0.730 bits per heavy atom. The van der Waals surface area contributed by atoms with Gasteiger partial charge in [0.15, 0.2) is 5.78 Å². The van der Waals surface area contributed by atoms with Crippen LogP contribution in [0.15, 0.2) is 72.8 Å². The first-order chi connectivity index (χ1) is 18.0. The van der Waals surface area contributed by atoms with Gasteiger partial charge in [-0.3, -0.25) is 19.2 Å². The van der Waals surface area contributed by atoms with Crippen LogP contribution in [0, 0.1) is 5.92 Å². The normalized spacial score (nSPS) is 17.7. The van der Waals surface area contributed by atoms with Crippen molar-refractivity contribution < 1.29 is 28.7 Å². The van der Waals surface area contributed by atoms with E-state index in [1.54, 1.807) is 12.2 Å². The minimum atomic E-state index is -0.618. The van der Waals surface area contributed by atoms with Gasteiger partial charge in [0.05, 0.1) is 13.2 Å². The van der Waals surface area contributed by atoms with E-state index in [1.807, 2.05) is 60.7 Å². The third-order valence-corrected chi connectivity index (χ3v) is 5.62. The van der Waals surface area contributed by atoms with Gasteiger partial charge in [-0.15, -0.1) is 0 Å². The van der Waals surface area contributed by atoms with E-state index < -0.39 is 11.2 Å². The number of hydrogen-bond donors (Lipinski definition) is 0. The first kappa shape index (κ1) is 29.7. The number of ketones is 1. The molecule has 2 aliphatic heterocycles. The zero-order chi connectivity index (χ0) is 26.7. The lowest BCUT2D eigenvalue weighted by atomic mass is 9.97. The molecule has 2 fully saturated rings. The fraction of sp³-hybridized carbons (Fsp3) is 0.333. The van der Waals surface area contributed by atoms with Gasteiger partial charge in [-0.2, -0.15) is 0 Å². The van der Waals surface area contributed by atoms with E-state index in [-0.39, 0.29) is 17.7 Å². The van der Waals surface area contributed by atoms with Crippen molar-refractivity contribution in [1.29, 1.82) is 0 Å². The van der Waals surface area contributed by atoms with Crippen molar-refractivity contribution in [3.8, 4) is 0 Å². The lowest BCUT2D eigenvalue weighted by Gasteiger charge is -2.07. The lowest BCUT2D eigenvalue weighted by Crippen LogP contribution is -2.23.